The van der Waals surface area contributed by atoms with E-state index in [0.29, 0.717) is 5.75 Å². The van der Waals surface area contributed by atoms with Gasteiger partial charge in [0.05, 0.1) is 7.11 Å². The van der Waals surface area contributed by atoms with Crippen molar-refractivity contribution in [1.29, 1.82) is 0 Å². The van der Waals surface area contributed by atoms with Crippen LogP contribution in [0.1, 0.15) is 36.8 Å². The van der Waals surface area contributed by atoms with Crippen molar-refractivity contribution >= 4 is 0 Å². The minimum Gasteiger partial charge on any atom is -0.496 e. The van der Waals surface area contributed by atoms with Gasteiger partial charge in [-0.15, -0.1) is 0 Å². The molecule has 0 atom stereocenters. The van der Waals surface area contributed by atoms with Gasteiger partial charge in [0.2, 0.25) is 0 Å². The van der Waals surface area contributed by atoms with E-state index in [1.54, 1.807) is 6.07 Å². The van der Waals surface area contributed by atoms with Crippen LogP contribution in [-0.2, 0) is 5.54 Å². The molecule has 88 valence electrons. The second kappa shape index (κ2) is 4.01. The van der Waals surface area contributed by atoms with E-state index in [9.17, 15) is 8.78 Å². The SMILES string of the molecule is COc1cc(C(F)F)ccc1C1(N)CCC1. The topological polar surface area (TPSA) is 35.2 Å². The maximum atomic E-state index is 12.5. The van der Waals surface area contributed by atoms with Gasteiger partial charge in [0.1, 0.15) is 5.75 Å². The summed E-state index contributed by atoms with van der Waals surface area (Å²) in [7, 11) is 1.48. The van der Waals surface area contributed by atoms with Crippen molar-refractivity contribution in [3.05, 3.63) is 29.3 Å². The van der Waals surface area contributed by atoms with Crippen LogP contribution in [0.3, 0.4) is 0 Å². The van der Waals surface area contributed by atoms with Crippen molar-refractivity contribution in [2.75, 3.05) is 7.11 Å². The average Bonchev–Trinajstić information content (AvgIpc) is 2.25. The van der Waals surface area contributed by atoms with E-state index in [-0.39, 0.29) is 11.1 Å². The Hall–Kier alpha value is -1.16. The fraction of sp³-hybridized carbons (Fsp3) is 0.500. The Balaban J connectivity index is 2.39. The largest absolute Gasteiger partial charge is 0.496 e. The number of hydrogen-bond acceptors (Lipinski definition) is 2. The number of halogens is 2. The molecule has 1 fully saturated rings. The molecule has 0 unspecified atom stereocenters. The minimum absolute atomic E-state index is 0.0245. The van der Waals surface area contributed by atoms with Gasteiger partial charge < -0.3 is 10.5 Å². The maximum Gasteiger partial charge on any atom is 0.263 e. The summed E-state index contributed by atoms with van der Waals surface area (Å²) in [6.07, 6.45) is 0.378. The second-order valence-electron chi connectivity index (χ2n) is 4.27. The molecule has 1 aromatic carbocycles. The molecule has 0 aliphatic heterocycles. The van der Waals surface area contributed by atoms with Gasteiger partial charge in [-0.3, -0.25) is 0 Å². The molecule has 2 nitrogen and oxygen atoms in total. The Morgan fingerprint density at radius 2 is 2.06 bits per heavy atom. The van der Waals surface area contributed by atoms with Gasteiger partial charge in [0, 0.05) is 16.7 Å². The highest BCUT2D eigenvalue weighted by Gasteiger charge is 2.36. The Labute approximate surface area is 93.4 Å². The standard InChI is InChI=1S/C12H15F2NO/c1-16-10-7-8(11(13)14)3-4-9(10)12(15)5-2-6-12/h3-4,7,11H,2,5-6,15H2,1H3. The van der Waals surface area contributed by atoms with Crippen molar-refractivity contribution < 1.29 is 13.5 Å². The molecule has 1 saturated carbocycles. The first-order valence-corrected chi connectivity index (χ1v) is 5.32. The lowest BCUT2D eigenvalue weighted by atomic mass is 9.72. The van der Waals surface area contributed by atoms with Crippen molar-refractivity contribution in [1.82, 2.24) is 0 Å². The molecule has 0 amide bonds. The van der Waals surface area contributed by atoms with Gasteiger partial charge in [-0.25, -0.2) is 8.78 Å². The van der Waals surface area contributed by atoms with Gasteiger partial charge in [-0.2, -0.15) is 0 Å². The summed E-state index contributed by atoms with van der Waals surface area (Å²) >= 11 is 0. The zero-order valence-electron chi connectivity index (χ0n) is 9.17. The van der Waals surface area contributed by atoms with Gasteiger partial charge in [0.25, 0.3) is 6.43 Å². The van der Waals surface area contributed by atoms with Crippen LogP contribution in [0.4, 0.5) is 8.78 Å². The van der Waals surface area contributed by atoms with Crippen LogP contribution in [0, 0.1) is 0 Å². The summed E-state index contributed by atoms with van der Waals surface area (Å²) < 4.78 is 30.2. The highest BCUT2D eigenvalue weighted by molar-refractivity contribution is 5.43. The van der Waals surface area contributed by atoms with E-state index in [1.807, 2.05) is 0 Å². The number of methoxy groups -OCH3 is 1. The van der Waals surface area contributed by atoms with E-state index in [1.165, 1.54) is 19.2 Å². The number of alkyl halides is 2. The predicted octanol–water partition coefficient (Wildman–Crippen LogP) is 2.97. The molecule has 1 aromatic rings. The van der Waals surface area contributed by atoms with Gasteiger partial charge >= 0.3 is 0 Å². The van der Waals surface area contributed by atoms with Crippen LogP contribution < -0.4 is 10.5 Å². The molecule has 16 heavy (non-hydrogen) atoms. The first-order valence-electron chi connectivity index (χ1n) is 5.32. The molecular formula is C12H15F2NO. The third-order valence-corrected chi connectivity index (χ3v) is 3.26. The molecule has 1 aliphatic rings. The monoisotopic (exact) mass is 227 g/mol. The van der Waals surface area contributed by atoms with E-state index in [4.69, 9.17) is 10.5 Å². The van der Waals surface area contributed by atoms with Crippen molar-refractivity contribution in [2.24, 2.45) is 5.73 Å². The van der Waals surface area contributed by atoms with Crippen molar-refractivity contribution in [2.45, 2.75) is 31.2 Å². The second-order valence-corrected chi connectivity index (χ2v) is 4.27. The zero-order valence-corrected chi connectivity index (χ0v) is 9.17. The molecule has 2 rings (SSSR count). The Bertz CT molecular complexity index is 389. The molecule has 0 bridgehead atoms. The fourth-order valence-corrected chi connectivity index (χ4v) is 2.08. The molecule has 0 saturated heterocycles. The summed E-state index contributed by atoms with van der Waals surface area (Å²) in [6.45, 7) is 0. The first-order chi connectivity index (χ1) is 7.57. The number of hydrogen-bond donors (Lipinski definition) is 1. The quantitative estimate of drug-likeness (QED) is 0.861. The lowest BCUT2D eigenvalue weighted by Gasteiger charge is -2.39. The van der Waals surface area contributed by atoms with Crippen LogP contribution in [0.25, 0.3) is 0 Å². The van der Waals surface area contributed by atoms with Crippen LogP contribution >= 0.6 is 0 Å². The number of nitrogens with two attached hydrogens (primary N) is 1. The molecule has 2 N–H and O–H groups in total. The van der Waals surface area contributed by atoms with Crippen LogP contribution in [-0.4, -0.2) is 7.11 Å². The summed E-state index contributed by atoms with van der Waals surface area (Å²) in [5, 5.41) is 0. The smallest absolute Gasteiger partial charge is 0.263 e. The summed E-state index contributed by atoms with van der Waals surface area (Å²) in [5.41, 5.74) is 6.59. The van der Waals surface area contributed by atoms with Crippen LogP contribution in [0.5, 0.6) is 5.75 Å². The number of benzene rings is 1. The normalized spacial score (nSPS) is 18.3. The highest BCUT2D eigenvalue weighted by atomic mass is 19.3. The third-order valence-electron chi connectivity index (χ3n) is 3.26. The van der Waals surface area contributed by atoms with E-state index in [2.05, 4.69) is 0 Å². The summed E-state index contributed by atoms with van der Waals surface area (Å²) in [6, 6.07) is 4.47. The fourth-order valence-electron chi connectivity index (χ4n) is 2.08. The van der Waals surface area contributed by atoms with E-state index < -0.39 is 6.43 Å². The van der Waals surface area contributed by atoms with Gasteiger partial charge in [-0.05, 0) is 25.3 Å². The highest BCUT2D eigenvalue weighted by Crippen LogP contribution is 2.43. The first kappa shape index (κ1) is 11.3. The van der Waals surface area contributed by atoms with E-state index in [0.717, 1.165) is 24.8 Å². The maximum absolute atomic E-state index is 12.5. The van der Waals surface area contributed by atoms with Gasteiger partial charge in [-0.1, -0.05) is 12.1 Å². The molecule has 0 spiro atoms. The summed E-state index contributed by atoms with van der Waals surface area (Å²) in [4.78, 5) is 0. The molecular weight excluding hydrogens is 212 g/mol. The summed E-state index contributed by atoms with van der Waals surface area (Å²) in [5.74, 6) is 0.472. The van der Waals surface area contributed by atoms with E-state index >= 15 is 0 Å². The Morgan fingerprint density at radius 1 is 1.38 bits per heavy atom. The minimum atomic E-state index is -2.47. The van der Waals surface area contributed by atoms with Gasteiger partial charge in [0.15, 0.2) is 0 Å². The number of ether oxygens (including phenoxy) is 1. The molecule has 0 aromatic heterocycles. The van der Waals surface area contributed by atoms with Crippen molar-refractivity contribution in [3.8, 4) is 5.75 Å². The Morgan fingerprint density at radius 3 is 2.50 bits per heavy atom. The predicted molar refractivity (Wildman–Crippen MR) is 57.7 cm³/mol. The average molecular weight is 227 g/mol. The number of rotatable bonds is 3. The molecule has 1 aliphatic carbocycles. The molecule has 0 heterocycles. The van der Waals surface area contributed by atoms with Crippen molar-refractivity contribution in [3.63, 3.8) is 0 Å². The lowest BCUT2D eigenvalue weighted by molar-refractivity contribution is 0.150. The van der Waals surface area contributed by atoms with Crippen LogP contribution in [0.2, 0.25) is 0 Å². The lowest BCUT2D eigenvalue weighted by Crippen LogP contribution is -2.43. The molecule has 4 heteroatoms. The van der Waals surface area contributed by atoms with Crippen LogP contribution in [0.15, 0.2) is 18.2 Å². The Kier molecular flexibility index (Phi) is 2.84. The zero-order chi connectivity index (χ0) is 11.8. The third kappa shape index (κ3) is 1.78. The molecule has 0 radical (unpaired) electrons.